The monoisotopic (exact) mass is 350 g/mol. The Morgan fingerprint density at radius 1 is 1.20 bits per heavy atom. The van der Waals surface area contributed by atoms with Crippen LogP contribution in [-0.4, -0.2) is 27.3 Å². The van der Waals surface area contributed by atoms with E-state index in [2.05, 4.69) is 0 Å². The third-order valence-electron chi connectivity index (χ3n) is 3.25. The number of hydrogen-bond acceptors (Lipinski definition) is 3. The number of carbonyl (C=O) groups is 1. The molecule has 1 N–H and O–H groups in total. The smallest absolute Gasteiger partial charge is 0.313 e. The first-order valence-corrected chi connectivity index (χ1v) is 9.20. The predicted molar refractivity (Wildman–Crippen MR) is 88.5 cm³/mol. The average Bonchev–Trinajstić information content (AvgIpc) is 2.42. The number of carboxylic acid groups (broad SMARTS) is 1. The number of benzene rings is 1. The van der Waals surface area contributed by atoms with Gasteiger partial charge in [-0.1, -0.05) is 42.1 Å². The molecule has 1 aromatic carbocycles. The Morgan fingerprint density at radius 2 is 1.80 bits per heavy atom. The zero-order chi connectivity index (χ0) is 14.5. The Hall–Kier alpha value is -0.0300. The highest BCUT2D eigenvalue weighted by molar-refractivity contribution is 8.04. The van der Waals surface area contributed by atoms with E-state index in [1.807, 2.05) is 18.2 Å². The minimum absolute atomic E-state index is 0.165. The number of rotatable bonds is 5. The topological polar surface area (TPSA) is 37.3 Å². The molecule has 0 aliphatic heterocycles. The molecule has 6 heteroatoms. The summed E-state index contributed by atoms with van der Waals surface area (Å²) in [7, 11) is 0. The molecule has 1 saturated carbocycles. The Balaban J connectivity index is 2.06. The number of aliphatic carboxylic acids is 1. The number of hydrogen-bond donors (Lipinski definition) is 1. The van der Waals surface area contributed by atoms with Crippen LogP contribution in [0.15, 0.2) is 23.1 Å². The minimum Gasteiger partial charge on any atom is -0.481 e. The molecule has 0 aromatic heterocycles. The van der Waals surface area contributed by atoms with Crippen LogP contribution in [0.2, 0.25) is 10.0 Å². The maximum absolute atomic E-state index is 10.7. The van der Waals surface area contributed by atoms with Crippen LogP contribution in [0.3, 0.4) is 0 Å². The molecule has 0 amide bonds. The van der Waals surface area contributed by atoms with Gasteiger partial charge in [0.2, 0.25) is 0 Å². The molecule has 0 spiro atoms. The van der Waals surface area contributed by atoms with E-state index in [0.717, 1.165) is 17.7 Å². The van der Waals surface area contributed by atoms with Crippen molar-refractivity contribution >= 4 is 52.7 Å². The van der Waals surface area contributed by atoms with Gasteiger partial charge in [-0.05, 0) is 25.0 Å². The van der Waals surface area contributed by atoms with E-state index >= 15 is 0 Å². The second kappa shape index (κ2) is 7.83. The van der Waals surface area contributed by atoms with Crippen LogP contribution < -0.4 is 0 Å². The summed E-state index contributed by atoms with van der Waals surface area (Å²) in [4.78, 5) is 11.7. The third-order valence-corrected chi connectivity index (χ3v) is 7.23. The van der Waals surface area contributed by atoms with Crippen molar-refractivity contribution in [1.82, 2.24) is 0 Å². The van der Waals surface area contributed by atoms with Gasteiger partial charge >= 0.3 is 5.97 Å². The largest absolute Gasteiger partial charge is 0.481 e. The second-order valence-corrected chi connectivity index (χ2v) is 8.03. The Morgan fingerprint density at radius 3 is 2.40 bits per heavy atom. The lowest BCUT2D eigenvalue weighted by atomic mass is 10.00. The summed E-state index contributed by atoms with van der Waals surface area (Å²) in [6.07, 6.45) is 4.51. The fourth-order valence-corrected chi connectivity index (χ4v) is 5.66. The molecule has 0 saturated heterocycles. The molecule has 0 unspecified atom stereocenters. The van der Waals surface area contributed by atoms with Crippen molar-refractivity contribution in [2.24, 2.45) is 0 Å². The van der Waals surface area contributed by atoms with Crippen molar-refractivity contribution < 1.29 is 9.90 Å². The van der Waals surface area contributed by atoms with E-state index in [1.54, 1.807) is 11.8 Å². The van der Waals surface area contributed by atoms with Gasteiger partial charge in [0.1, 0.15) is 0 Å². The Labute approximate surface area is 137 Å². The van der Waals surface area contributed by atoms with E-state index in [1.165, 1.54) is 24.6 Å². The van der Waals surface area contributed by atoms with Gasteiger partial charge in [0.15, 0.2) is 0 Å². The summed E-state index contributed by atoms with van der Waals surface area (Å²) in [6, 6.07) is 5.53. The molecule has 0 bridgehead atoms. The predicted octanol–water partition coefficient (Wildman–Crippen LogP) is 5.21. The standard InChI is InChI=1S/C14H16Cl2O2S2/c15-9-4-3-5-10(16)14(9)20-12-7-2-1-6-11(12)19-8-13(17)18/h3-5,11-12H,1-2,6-8H2,(H,17,18)/t11-,12-/m1/s1. The highest BCUT2D eigenvalue weighted by Crippen LogP contribution is 2.43. The number of carboxylic acids is 1. The lowest BCUT2D eigenvalue weighted by Crippen LogP contribution is -2.25. The molecule has 1 aromatic rings. The molecule has 1 aliphatic carbocycles. The van der Waals surface area contributed by atoms with Crippen molar-refractivity contribution in [1.29, 1.82) is 0 Å². The summed E-state index contributed by atoms with van der Waals surface area (Å²) in [5.74, 6) is -0.585. The zero-order valence-corrected chi connectivity index (χ0v) is 14.0. The molecule has 2 rings (SSSR count). The molecule has 110 valence electrons. The summed E-state index contributed by atoms with van der Waals surface area (Å²) in [5.41, 5.74) is 0. The maximum atomic E-state index is 10.7. The molecule has 2 atom stereocenters. The lowest BCUT2D eigenvalue weighted by Gasteiger charge is -2.30. The molecule has 20 heavy (non-hydrogen) atoms. The van der Waals surface area contributed by atoms with Crippen LogP contribution >= 0.6 is 46.7 Å². The number of halogens is 2. The first-order valence-electron chi connectivity index (χ1n) is 6.52. The van der Waals surface area contributed by atoms with Gasteiger partial charge in [-0.25, -0.2) is 0 Å². The second-order valence-electron chi connectivity index (χ2n) is 4.73. The van der Waals surface area contributed by atoms with Crippen molar-refractivity contribution in [3.8, 4) is 0 Å². The van der Waals surface area contributed by atoms with E-state index in [0.29, 0.717) is 20.5 Å². The molecule has 0 radical (unpaired) electrons. The van der Waals surface area contributed by atoms with Gasteiger partial charge in [-0.15, -0.1) is 23.5 Å². The van der Waals surface area contributed by atoms with Crippen LogP contribution in [0.4, 0.5) is 0 Å². The van der Waals surface area contributed by atoms with Crippen LogP contribution in [0, 0.1) is 0 Å². The van der Waals surface area contributed by atoms with E-state index in [9.17, 15) is 4.79 Å². The SMILES string of the molecule is O=C(O)CS[C@@H]1CCCC[C@H]1Sc1c(Cl)cccc1Cl. The van der Waals surface area contributed by atoms with Gasteiger partial charge in [0, 0.05) is 15.4 Å². The third kappa shape index (κ3) is 4.48. The van der Waals surface area contributed by atoms with E-state index < -0.39 is 5.97 Å². The van der Waals surface area contributed by atoms with Crippen molar-refractivity contribution in [2.75, 3.05) is 5.75 Å². The molecule has 1 aliphatic rings. The van der Waals surface area contributed by atoms with E-state index in [-0.39, 0.29) is 5.75 Å². The molecular formula is C14H16Cl2O2S2. The molecule has 0 heterocycles. The van der Waals surface area contributed by atoms with Gasteiger partial charge < -0.3 is 5.11 Å². The van der Waals surface area contributed by atoms with Gasteiger partial charge in [-0.2, -0.15) is 0 Å². The minimum atomic E-state index is -0.750. The highest BCUT2D eigenvalue weighted by Gasteiger charge is 2.28. The molecule has 2 nitrogen and oxygen atoms in total. The van der Waals surface area contributed by atoms with Gasteiger partial charge in [0.25, 0.3) is 0 Å². The molecule has 1 fully saturated rings. The highest BCUT2D eigenvalue weighted by atomic mass is 35.5. The fourth-order valence-electron chi connectivity index (χ4n) is 2.31. The lowest BCUT2D eigenvalue weighted by molar-refractivity contribution is -0.133. The maximum Gasteiger partial charge on any atom is 0.313 e. The van der Waals surface area contributed by atoms with Gasteiger partial charge in [0.05, 0.1) is 15.8 Å². The average molecular weight is 351 g/mol. The first kappa shape index (κ1) is 16.3. The first-order chi connectivity index (χ1) is 9.58. The van der Waals surface area contributed by atoms with Gasteiger partial charge in [-0.3, -0.25) is 4.79 Å². The fraction of sp³-hybridized carbons (Fsp3) is 0.500. The summed E-state index contributed by atoms with van der Waals surface area (Å²) < 4.78 is 0. The van der Waals surface area contributed by atoms with Crippen molar-refractivity contribution in [3.05, 3.63) is 28.2 Å². The number of thioether (sulfide) groups is 2. The van der Waals surface area contributed by atoms with Crippen LogP contribution in [0.1, 0.15) is 25.7 Å². The summed E-state index contributed by atoms with van der Waals surface area (Å²) in [6.45, 7) is 0. The van der Waals surface area contributed by atoms with Crippen LogP contribution in [0.5, 0.6) is 0 Å². The zero-order valence-electron chi connectivity index (χ0n) is 10.9. The van der Waals surface area contributed by atoms with Crippen molar-refractivity contribution in [2.45, 2.75) is 41.1 Å². The molecular weight excluding hydrogens is 335 g/mol. The van der Waals surface area contributed by atoms with E-state index in [4.69, 9.17) is 28.3 Å². The normalized spacial score (nSPS) is 22.7. The Kier molecular flexibility index (Phi) is 6.40. The Bertz CT molecular complexity index is 462. The summed E-state index contributed by atoms with van der Waals surface area (Å²) in [5, 5.41) is 10.9. The van der Waals surface area contributed by atoms with Crippen LogP contribution in [-0.2, 0) is 4.79 Å². The van der Waals surface area contributed by atoms with Crippen molar-refractivity contribution in [3.63, 3.8) is 0 Å². The quantitative estimate of drug-likeness (QED) is 0.790. The summed E-state index contributed by atoms with van der Waals surface area (Å²) >= 11 is 15.7. The van der Waals surface area contributed by atoms with Crippen LogP contribution in [0.25, 0.3) is 0 Å².